The molecule has 0 aromatic carbocycles. The fourth-order valence-corrected chi connectivity index (χ4v) is 2.04. The Labute approximate surface area is 172 Å². The van der Waals surface area contributed by atoms with E-state index in [0.29, 0.717) is 18.6 Å². The summed E-state index contributed by atoms with van der Waals surface area (Å²) in [5.41, 5.74) is 0.549. The molecule has 28 heavy (non-hydrogen) atoms. The van der Waals surface area contributed by atoms with Gasteiger partial charge >= 0.3 is 11.9 Å². The van der Waals surface area contributed by atoms with Crippen molar-refractivity contribution in [2.45, 2.75) is 85.5 Å². The smallest absolute Gasteiger partial charge is 0.331 e. The van der Waals surface area contributed by atoms with Crippen molar-refractivity contribution < 1.29 is 19.4 Å². The zero-order chi connectivity index (χ0) is 21.5. The monoisotopic (exact) mass is 392 g/mol. The Balaban J connectivity index is 0. The van der Waals surface area contributed by atoms with Crippen molar-refractivity contribution in [1.29, 1.82) is 0 Å². The van der Waals surface area contributed by atoms with Crippen molar-refractivity contribution in [2.24, 2.45) is 0 Å². The highest BCUT2D eigenvalue weighted by Gasteiger charge is 2.04. The van der Waals surface area contributed by atoms with Crippen LogP contribution >= 0.6 is 0 Å². The normalized spacial score (nSPS) is 11.8. The molecule has 4 heteroatoms. The van der Waals surface area contributed by atoms with E-state index in [4.69, 9.17) is 9.84 Å². The maximum Gasteiger partial charge on any atom is 0.331 e. The van der Waals surface area contributed by atoms with Gasteiger partial charge in [0.1, 0.15) is 0 Å². The SMILES string of the molecule is CC/C=C\CCOC(=O)/C=C/CCC.CCC=CCC/C(=C\CCC)C(=O)O. The molecule has 160 valence electrons. The molecule has 0 aromatic heterocycles. The van der Waals surface area contributed by atoms with Gasteiger partial charge in [-0.25, -0.2) is 9.59 Å². The van der Waals surface area contributed by atoms with Crippen molar-refractivity contribution in [3.05, 3.63) is 48.1 Å². The van der Waals surface area contributed by atoms with Gasteiger partial charge < -0.3 is 9.84 Å². The maximum atomic E-state index is 11.0. The summed E-state index contributed by atoms with van der Waals surface area (Å²) >= 11 is 0. The van der Waals surface area contributed by atoms with E-state index < -0.39 is 5.97 Å². The lowest BCUT2D eigenvalue weighted by molar-refractivity contribution is -0.137. The van der Waals surface area contributed by atoms with E-state index >= 15 is 0 Å². The zero-order valence-corrected chi connectivity index (χ0v) is 18.3. The highest BCUT2D eigenvalue weighted by atomic mass is 16.5. The van der Waals surface area contributed by atoms with Crippen LogP contribution in [0.5, 0.6) is 0 Å². The summed E-state index contributed by atoms with van der Waals surface area (Å²) in [7, 11) is 0. The van der Waals surface area contributed by atoms with Crippen LogP contribution in [-0.4, -0.2) is 23.7 Å². The number of allylic oxidation sites excluding steroid dienone is 5. The fourth-order valence-electron chi connectivity index (χ4n) is 2.04. The number of unbranched alkanes of at least 4 members (excludes halogenated alkanes) is 2. The van der Waals surface area contributed by atoms with Crippen LogP contribution in [0.2, 0.25) is 0 Å². The van der Waals surface area contributed by atoms with Gasteiger partial charge in [0.25, 0.3) is 0 Å². The minimum absolute atomic E-state index is 0.233. The van der Waals surface area contributed by atoms with E-state index in [-0.39, 0.29) is 5.97 Å². The van der Waals surface area contributed by atoms with E-state index in [1.165, 1.54) is 6.08 Å². The average molecular weight is 393 g/mol. The lowest BCUT2D eigenvalue weighted by Gasteiger charge is -1.99. The van der Waals surface area contributed by atoms with Gasteiger partial charge in [-0.3, -0.25) is 0 Å². The highest BCUT2D eigenvalue weighted by Crippen LogP contribution is 2.08. The van der Waals surface area contributed by atoms with Crippen LogP contribution in [-0.2, 0) is 14.3 Å². The second-order valence-electron chi connectivity index (χ2n) is 6.27. The molecule has 4 nitrogen and oxygen atoms in total. The average Bonchev–Trinajstić information content (AvgIpc) is 2.67. The molecule has 0 radical (unpaired) electrons. The zero-order valence-electron chi connectivity index (χ0n) is 18.3. The Morgan fingerprint density at radius 3 is 1.93 bits per heavy atom. The molecule has 0 saturated heterocycles. The molecule has 0 fully saturated rings. The van der Waals surface area contributed by atoms with Gasteiger partial charge in [-0.1, -0.05) is 77.0 Å². The molecule has 0 heterocycles. The minimum atomic E-state index is -0.775. The van der Waals surface area contributed by atoms with Crippen LogP contribution in [0.1, 0.15) is 85.5 Å². The molecule has 0 aliphatic carbocycles. The third-order valence-electron chi connectivity index (χ3n) is 3.58. The summed E-state index contributed by atoms with van der Waals surface area (Å²) in [6.07, 6.45) is 21.6. The second kappa shape index (κ2) is 22.9. The summed E-state index contributed by atoms with van der Waals surface area (Å²) in [6.45, 7) is 8.75. The number of aliphatic carboxylic acids is 1. The van der Waals surface area contributed by atoms with E-state index in [9.17, 15) is 9.59 Å². The number of esters is 1. The molecule has 0 aliphatic rings. The Kier molecular flexibility index (Phi) is 23.0. The predicted octanol–water partition coefficient (Wildman–Crippen LogP) is 6.79. The lowest BCUT2D eigenvalue weighted by Crippen LogP contribution is -2.01. The van der Waals surface area contributed by atoms with Gasteiger partial charge in [-0.05, 0) is 44.9 Å². The number of hydrogen-bond donors (Lipinski definition) is 1. The van der Waals surface area contributed by atoms with Gasteiger partial charge in [0, 0.05) is 11.6 Å². The number of carboxylic acid groups (broad SMARTS) is 1. The number of ether oxygens (including phenoxy) is 1. The van der Waals surface area contributed by atoms with Crippen molar-refractivity contribution in [3.8, 4) is 0 Å². The van der Waals surface area contributed by atoms with Crippen LogP contribution in [0.4, 0.5) is 0 Å². The van der Waals surface area contributed by atoms with Gasteiger partial charge in [-0.15, -0.1) is 0 Å². The number of hydrogen-bond acceptors (Lipinski definition) is 3. The molecular formula is C24H40O4. The Hall–Kier alpha value is -2.10. The maximum absolute atomic E-state index is 11.0. The van der Waals surface area contributed by atoms with Gasteiger partial charge in [0.2, 0.25) is 0 Å². The first-order valence-electron chi connectivity index (χ1n) is 10.6. The Morgan fingerprint density at radius 2 is 1.39 bits per heavy atom. The van der Waals surface area contributed by atoms with Gasteiger partial charge in [0.15, 0.2) is 0 Å². The summed E-state index contributed by atoms with van der Waals surface area (Å²) < 4.78 is 4.96. The fraction of sp³-hybridized carbons (Fsp3) is 0.583. The second-order valence-corrected chi connectivity index (χ2v) is 6.27. The minimum Gasteiger partial charge on any atom is -0.478 e. The van der Waals surface area contributed by atoms with Crippen molar-refractivity contribution >= 4 is 11.9 Å². The van der Waals surface area contributed by atoms with Crippen molar-refractivity contribution in [3.63, 3.8) is 0 Å². The number of carbonyl (C=O) groups excluding carboxylic acids is 1. The lowest BCUT2D eigenvalue weighted by atomic mass is 10.1. The topological polar surface area (TPSA) is 63.6 Å². The first-order valence-corrected chi connectivity index (χ1v) is 10.6. The number of carboxylic acids is 1. The molecule has 0 amide bonds. The molecule has 0 aromatic rings. The quantitative estimate of drug-likeness (QED) is 0.153. The number of carbonyl (C=O) groups is 2. The molecule has 0 spiro atoms. The standard InChI is InChI=1S/2C12H20O2/c1-3-5-7-8-10-11(12(13)14)9-6-4-2;1-3-5-7-9-11-14-12(13)10-8-6-4-2/h5,7,9H,3-4,6,8,10H2,1-2H3,(H,13,14);5,7-8,10H,3-4,6,9,11H2,1-2H3/b7-5?,11-9+;7-5-,10-8+. The first-order chi connectivity index (χ1) is 13.5. The van der Waals surface area contributed by atoms with Crippen molar-refractivity contribution in [2.75, 3.05) is 6.61 Å². The summed E-state index contributed by atoms with van der Waals surface area (Å²) in [6, 6.07) is 0. The molecule has 1 N–H and O–H groups in total. The highest BCUT2D eigenvalue weighted by molar-refractivity contribution is 5.86. The van der Waals surface area contributed by atoms with Crippen molar-refractivity contribution in [1.82, 2.24) is 0 Å². The van der Waals surface area contributed by atoms with Crippen LogP contribution in [0.15, 0.2) is 48.1 Å². The molecule has 0 aliphatic heterocycles. The largest absolute Gasteiger partial charge is 0.478 e. The third-order valence-corrected chi connectivity index (χ3v) is 3.58. The summed E-state index contributed by atoms with van der Waals surface area (Å²) in [5.74, 6) is -1.01. The van der Waals surface area contributed by atoms with E-state index in [1.54, 1.807) is 0 Å². The third kappa shape index (κ3) is 21.9. The molecular weight excluding hydrogens is 352 g/mol. The predicted molar refractivity (Wildman–Crippen MR) is 118 cm³/mol. The van der Waals surface area contributed by atoms with E-state index in [2.05, 4.69) is 32.9 Å². The van der Waals surface area contributed by atoms with Gasteiger partial charge in [-0.2, -0.15) is 0 Å². The summed E-state index contributed by atoms with van der Waals surface area (Å²) in [4.78, 5) is 21.8. The summed E-state index contributed by atoms with van der Waals surface area (Å²) in [5, 5.41) is 8.86. The molecule has 0 saturated carbocycles. The van der Waals surface area contributed by atoms with E-state index in [0.717, 1.165) is 51.4 Å². The molecule has 0 atom stereocenters. The molecule has 0 rings (SSSR count). The number of rotatable bonds is 14. The Bertz CT molecular complexity index is 497. The van der Waals surface area contributed by atoms with Crippen LogP contribution in [0.3, 0.4) is 0 Å². The van der Waals surface area contributed by atoms with Crippen LogP contribution < -0.4 is 0 Å². The van der Waals surface area contributed by atoms with Crippen LogP contribution in [0.25, 0.3) is 0 Å². The van der Waals surface area contributed by atoms with Gasteiger partial charge in [0.05, 0.1) is 6.61 Å². The molecule has 0 unspecified atom stereocenters. The first kappa shape index (κ1) is 28.1. The van der Waals surface area contributed by atoms with E-state index in [1.807, 2.05) is 31.2 Å². The van der Waals surface area contributed by atoms with Crippen LogP contribution in [0, 0.1) is 0 Å². The molecule has 0 bridgehead atoms. The Morgan fingerprint density at radius 1 is 0.786 bits per heavy atom.